The molecule has 6 nitrogen and oxygen atoms in total. The van der Waals surface area contributed by atoms with Crippen molar-refractivity contribution in [3.8, 4) is 0 Å². The van der Waals surface area contributed by atoms with E-state index in [1.165, 1.54) is 0 Å². The van der Waals surface area contributed by atoms with Gasteiger partial charge in [0, 0.05) is 0 Å². The Morgan fingerprint density at radius 3 is 1.07 bits per heavy atom. The highest BCUT2D eigenvalue weighted by Gasteiger charge is 2.15. The van der Waals surface area contributed by atoms with E-state index in [1.807, 2.05) is 0 Å². The fourth-order valence-electron chi connectivity index (χ4n) is 1.07. The zero-order valence-corrected chi connectivity index (χ0v) is 11.3. The van der Waals surface area contributed by atoms with Crippen LogP contribution in [-0.4, -0.2) is 56.3 Å². The molecule has 0 aliphatic carbocycles. The monoisotopic (exact) mass is 242 g/mol. The van der Waals surface area contributed by atoms with Crippen LogP contribution in [0.4, 0.5) is 0 Å². The first-order valence-corrected chi connectivity index (χ1v) is 4.91. The van der Waals surface area contributed by atoms with Crippen LogP contribution >= 0.6 is 20.8 Å². The zero-order valence-electron chi connectivity index (χ0n) is 9.59. The smallest absolute Gasteiger partial charge is 0.118 e. The summed E-state index contributed by atoms with van der Waals surface area (Å²) in [5.74, 6) is 0. The van der Waals surface area contributed by atoms with Crippen molar-refractivity contribution in [2.45, 2.75) is 0 Å². The highest BCUT2D eigenvalue weighted by Crippen LogP contribution is 2.40. The first-order valence-electron chi connectivity index (χ1n) is 3.71. The van der Waals surface area contributed by atoms with Gasteiger partial charge in [-0.3, -0.25) is 14.0 Å². The van der Waals surface area contributed by atoms with Gasteiger partial charge < -0.3 is 0 Å². The molecule has 0 aromatic heterocycles. The van der Waals surface area contributed by atoms with Crippen LogP contribution in [0.15, 0.2) is 0 Å². The highest BCUT2D eigenvalue weighted by molar-refractivity contribution is 7.49. The molecule has 0 radical (unpaired) electrons. The van der Waals surface area contributed by atoms with Crippen molar-refractivity contribution in [3.63, 3.8) is 0 Å². The maximum absolute atomic E-state index is 6.86. The number of hydrogen-bond donors (Lipinski definition) is 1. The second-order valence-corrected chi connectivity index (χ2v) is 5.85. The molecule has 14 heavy (non-hydrogen) atoms. The molecule has 1 N–H and O–H groups in total. The van der Waals surface area contributed by atoms with Crippen molar-refractivity contribution in [1.29, 1.82) is 5.53 Å². The van der Waals surface area contributed by atoms with Crippen LogP contribution in [-0.2, 0) is 0 Å². The third kappa shape index (κ3) is 9.99. The van der Waals surface area contributed by atoms with E-state index in [-0.39, 0.29) is 20.8 Å². The highest BCUT2D eigenvalue weighted by atomic mass is 35.5. The number of rotatable bonds is 3. The molecular weight excluding hydrogens is 223 g/mol. The molecule has 0 saturated heterocycles. The van der Waals surface area contributed by atoms with Gasteiger partial charge in [-0.15, -0.1) is 17.9 Å². The fraction of sp³-hybridized carbons (Fsp3) is 1.00. The standard InChI is InChI=1S/C6H18N3P.ClH.HN3/c1-7(2)10(8(3)4)9(5)6;;1-3-2/h1-6H3;1H;1H. The number of hydrogen-bond acceptors (Lipinski definition) is 4. The van der Waals surface area contributed by atoms with Gasteiger partial charge in [-0.2, -0.15) is 0 Å². The van der Waals surface area contributed by atoms with E-state index in [0.717, 1.165) is 0 Å². The second-order valence-electron chi connectivity index (χ2n) is 2.91. The summed E-state index contributed by atoms with van der Waals surface area (Å²) in [5, 5.41) is 0. The Balaban J connectivity index is -0.000000267. The zero-order chi connectivity index (χ0) is 11.0. The molecular formula is C6H20ClN6P. The van der Waals surface area contributed by atoms with Gasteiger partial charge in [0.25, 0.3) is 0 Å². The minimum absolute atomic E-state index is 0. The lowest BCUT2D eigenvalue weighted by Crippen LogP contribution is -2.25. The molecule has 0 atom stereocenters. The molecule has 0 aliphatic heterocycles. The van der Waals surface area contributed by atoms with E-state index in [0.29, 0.717) is 0 Å². The lowest BCUT2D eigenvalue weighted by atomic mass is 11.2. The van der Waals surface area contributed by atoms with E-state index in [9.17, 15) is 0 Å². The Morgan fingerprint density at radius 1 is 0.929 bits per heavy atom. The number of nitrogens with zero attached hydrogens (tertiary/aromatic N) is 5. The molecule has 0 spiro atoms. The predicted molar refractivity (Wildman–Crippen MR) is 64.7 cm³/mol. The molecule has 0 amide bonds. The summed E-state index contributed by atoms with van der Waals surface area (Å²) in [6.45, 7) is 0. The fourth-order valence-corrected chi connectivity index (χ4v) is 3.22. The molecule has 0 aliphatic rings. The van der Waals surface area contributed by atoms with Gasteiger partial charge >= 0.3 is 0 Å². The largest absolute Gasteiger partial charge is 0.264 e. The summed E-state index contributed by atoms with van der Waals surface area (Å²) in [5.41, 5.74) is 12.2. The Kier molecular flexibility index (Phi) is 15.3. The molecule has 0 bridgehead atoms. The molecule has 0 rings (SSSR count). The minimum Gasteiger partial charge on any atom is -0.264 e. The molecule has 0 heterocycles. The Labute approximate surface area is 93.6 Å². The summed E-state index contributed by atoms with van der Waals surface area (Å²) in [7, 11) is 12.4. The van der Waals surface area contributed by atoms with Crippen LogP contribution < -0.4 is 0 Å². The second kappa shape index (κ2) is 11.0. The van der Waals surface area contributed by atoms with E-state index in [4.69, 9.17) is 11.1 Å². The molecule has 0 unspecified atom stereocenters. The molecule has 0 aromatic carbocycles. The van der Waals surface area contributed by atoms with Crippen molar-refractivity contribution in [2.24, 2.45) is 0 Å². The maximum atomic E-state index is 6.86. The van der Waals surface area contributed by atoms with Crippen LogP contribution in [0, 0.1) is 5.53 Å². The summed E-state index contributed by atoms with van der Waals surface area (Å²) in [6.07, 6.45) is 0. The predicted octanol–water partition coefficient (Wildman–Crippen LogP) is 2.20. The van der Waals surface area contributed by atoms with Gasteiger partial charge in [0.15, 0.2) is 0 Å². The van der Waals surface area contributed by atoms with E-state index >= 15 is 0 Å². The van der Waals surface area contributed by atoms with Crippen LogP contribution in [0.25, 0.3) is 10.4 Å². The minimum atomic E-state index is -0.238. The van der Waals surface area contributed by atoms with Crippen molar-refractivity contribution in [1.82, 2.24) is 14.0 Å². The summed E-state index contributed by atoms with van der Waals surface area (Å²) in [4.78, 5) is 1.75. The number of halogens is 1. The normalized spacial score (nSPS) is 9.57. The van der Waals surface area contributed by atoms with Crippen molar-refractivity contribution in [2.75, 3.05) is 42.3 Å². The van der Waals surface area contributed by atoms with E-state index in [2.05, 4.69) is 56.3 Å². The molecule has 0 aromatic rings. The number of nitrogens with one attached hydrogen (secondary N) is 1. The average Bonchev–Trinajstić information content (AvgIpc) is 1.84. The Bertz CT molecular complexity index is 137. The first-order chi connectivity index (χ1) is 5.88. The first kappa shape index (κ1) is 19.5. The van der Waals surface area contributed by atoms with Crippen LogP contribution in [0.5, 0.6) is 0 Å². The van der Waals surface area contributed by atoms with Crippen LogP contribution in [0.2, 0.25) is 0 Å². The third-order valence-electron chi connectivity index (χ3n) is 1.07. The average molecular weight is 243 g/mol. The van der Waals surface area contributed by atoms with E-state index in [1.54, 1.807) is 4.91 Å². The molecule has 86 valence electrons. The molecule has 8 heteroatoms. The van der Waals surface area contributed by atoms with Crippen LogP contribution in [0.1, 0.15) is 0 Å². The Hall–Kier alpha value is -0.0900. The SMILES string of the molecule is CN(C)P(N(C)C)N(C)C.Cl.[N-]=[N+]=N. The van der Waals surface area contributed by atoms with Gasteiger partial charge in [0.2, 0.25) is 0 Å². The van der Waals surface area contributed by atoms with Crippen molar-refractivity contribution >= 4 is 20.8 Å². The molecule has 0 fully saturated rings. The van der Waals surface area contributed by atoms with Gasteiger partial charge in [-0.25, -0.2) is 0 Å². The molecule has 0 saturated carbocycles. The lowest BCUT2D eigenvalue weighted by Gasteiger charge is -2.34. The van der Waals surface area contributed by atoms with Gasteiger partial charge in [0.1, 0.15) is 8.37 Å². The summed E-state index contributed by atoms with van der Waals surface area (Å²) in [6, 6.07) is 0. The van der Waals surface area contributed by atoms with E-state index < -0.39 is 0 Å². The topological polar surface area (TPSA) is 70.0 Å². The summed E-state index contributed by atoms with van der Waals surface area (Å²) >= 11 is 0. The maximum Gasteiger partial charge on any atom is 0.118 e. The van der Waals surface area contributed by atoms with Gasteiger partial charge in [0.05, 0.1) is 0 Å². The van der Waals surface area contributed by atoms with Crippen LogP contribution in [0.3, 0.4) is 0 Å². The van der Waals surface area contributed by atoms with Crippen molar-refractivity contribution in [3.05, 3.63) is 10.4 Å². The Morgan fingerprint density at radius 2 is 1.07 bits per heavy atom. The summed E-state index contributed by atoms with van der Waals surface area (Å²) < 4.78 is 6.69. The van der Waals surface area contributed by atoms with Gasteiger partial charge in [-0.05, 0) is 52.7 Å². The van der Waals surface area contributed by atoms with Gasteiger partial charge in [-0.1, -0.05) is 0 Å². The quantitative estimate of drug-likeness (QED) is 0.357. The lowest BCUT2D eigenvalue weighted by molar-refractivity contribution is 0.490. The third-order valence-corrected chi connectivity index (χ3v) is 3.22. The van der Waals surface area contributed by atoms with Crippen molar-refractivity contribution < 1.29 is 0 Å².